The summed E-state index contributed by atoms with van der Waals surface area (Å²) in [6.45, 7) is 3.84. The minimum absolute atomic E-state index is 0.292. The number of rotatable bonds is 4. The second-order valence-electron chi connectivity index (χ2n) is 4.11. The minimum atomic E-state index is 0.292. The van der Waals surface area contributed by atoms with Crippen molar-refractivity contribution < 1.29 is 4.74 Å². The van der Waals surface area contributed by atoms with Crippen molar-refractivity contribution in [1.82, 2.24) is 14.9 Å². The molecule has 1 saturated heterocycles. The average Bonchev–Trinajstić information content (AvgIpc) is 2.40. The number of hydrogen-bond donors (Lipinski definition) is 0. The Balaban J connectivity index is 1.75. The van der Waals surface area contributed by atoms with Crippen LogP contribution in [0.2, 0.25) is 0 Å². The Hall–Kier alpha value is -1.67. The molecule has 0 aromatic carbocycles. The first kappa shape index (κ1) is 11.8. The molecule has 1 aliphatic rings. The minimum Gasteiger partial charge on any atom is -0.475 e. The number of piperidine rings is 1. The van der Waals surface area contributed by atoms with Crippen molar-refractivity contribution >= 4 is 0 Å². The van der Waals surface area contributed by atoms with Crippen LogP contribution in [0.3, 0.4) is 0 Å². The van der Waals surface area contributed by atoms with Crippen molar-refractivity contribution in [2.75, 3.05) is 26.2 Å². The zero-order valence-electron chi connectivity index (χ0n) is 9.80. The van der Waals surface area contributed by atoms with Gasteiger partial charge in [0.05, 0.1) is 12.4 Å². The summed E-state index contributed by atoms with van der Waals surface area (Å²) in [6, 6.07) is 1.94. The number of nitriles is 1. The molecular formula is C12H16N4O. The summed E-state index contributed by atoms with van der Waals surface area (Å²) in [4.78, 5) is 10.3. The molecule has 2 heterocycles. The lowest BCUT2D eigenvalue weighted by Gasteiger charge is -2.25. The maximum Gasteiger partial charge on any atom is 0.233 e. The standard InChI is InChI=1S/C12H16N4O/c13-8-11-9-14-10-12(15-11)17-7-6-16-4-2-1-3-5-16/h9-10H,1-7H2. The van der Waals surface area contributed by atoms with Gasteiger partial charge in [-0.3, -0.25) is 9.88 Å². The predicted molar refractivity (Wildman–Crippen MR) is 62.5 cm³/mol. The zero-order chi connectivity index (χ0) is 11.9. The van der Waals surface area contributed by atoms with Gasteiger partial charge in [-0.1, -0.05) is 6.42 Å². The van der Waals surface area contributed by atoms with Crippen LogP contribution in [0.4, 0.5) is 0 Å². The summed E-state index contributed by atoms with van der Waals surface area (Å²) in [5.74, 6) is 0.432. The number of likely N-dealkylation sites (tertiary alicyclic amines) is 1. The van der Waals surface area contributed by atoms with Gasteiger partial charge in [0.15, 0.2) is 5.69 Å². The highest BCUT2D eigenvalue weighted by atomic mass is 16.5. The van der Waals surface area contributed by atoms with E-state index in [-0.39, 0.29) is 0 Å². The monoisotopic (exact) mass is 232 g/mol. The summed E-state index contributed by atoms with van der Waals surface area (Å²) in [7, 11) is 0. The highest BCUT2D eigenvalue weighted by Crippen LogP contribution is 2.09. The van der Waals surface area contributed by atoms with Gasteiger partial charge in [0.25, 0.3) is 0 Å². The Labute approximate surface area is 101 Å². The summed E-state index contributed by atoms with van der Waals surface area (Å²) in [6.07, 6.45) is 6.87. The molecule has 0 amide bonds. The first-order valence-electron chi connectivity index (χ1n) is 5.96. The quantitative estimate of drug-likeness (QED) is 0.781. The molecule has 0 spiro atoms. The summed E-state index contributed by atoms with van der Waals surface area (Å²) in [5, 5.41) is 8.68. The van der Waals surface area contributed by atoms with Gasteiger partial charge in [0, 0.05) is 6.54 Å². The van der Waals surface area contributed by atoms with Crippen molar-refractivity contribution in [3.8, 4) is 11.9 Å². The molecule has 0 saturated carbocycles. The highest BCUT2D eigenvalue weighted by molar-refractivity contribution is 5.19. The smallest absolute Gasteiger partial charge is 0.233 e. The molecule has 1 fully saturated rings. The Kier molecular flexibility index (Phi) is 4.28. The summed E-state index contributed by atoms with van der Waals surface area (Å²) in [5.41, 5.74) is 0.292. The van der Waals surface area contributed by atoms with Crippen LogP contribution in [0, 0.1) is 11.3 Å². The van der Waals surface area contributed by atoms with Gasteiger partial charge in [-0.25, -0.2) is 0 Å². The molecule has 5 heteroatoms. The fourth-order valence-electron chi connectivity index (χ4n) is 1.93. The van der Waals surface area contributed by atoms with Crippen molar-refractivity contribution in [2.24, 2.45) is 0 Å². The third kappa shape index (κ3) is 3.68. The lowest BCUT2D eigenvalue weighted by atomic mass is 10.1. The van der Waals surface area contributed by atoms with Crippen LogP contribution >= 0.6 is 0 Å². The first-order valence-corrected chi connectivity index (χ1v) is 5.96. The Morgan fingerprint density at radius 1 is 1.29 bits per heavy atom. The van der Waals surface area contributed by atoms with Gasteiger partial charge in [0.1, 0.15) is 12.7 Å². The number of ether oxygens (including phenoxy) is 1. The first-order chi connectivity index (χ1) is 8.38. The molecule has 1 aliphatic heterocycles. The van der Waals surface area contributed by atoms with Crippen LogP contribution < -0.4 is 4.74 Å². The van der Waals surface area contributed by atoms with E-state index in [1.165, 1.54) is 31.7 Å². The summed E-state index contributed by atoms with van der Waals surface area (Å²) >= 11 is 0. The van der Waals surface area contributed by atoms with E-state index in [1.807, 2.05) is 6.07 Å². The van der Waals surface area contributed by atoms with E-state index >= 15 is 0 Å². The van der Waals surface area contributed by atoms with Crippen LogP contribution in [-0.4, -0.2) is 41.1 Å². The second kappa shape index (κ2) is 6.16. The molecule has 1 aromatic rings. The maximum absolute atomic E-state index is 8.68. The normalized spacial score (nSPS) is 16.4. The van der Waals surface area contributed by atoms with E-state index in [1.54, 1.807) is 0 Å². The molecule has 0 unspecified atom stereocenters. The Morgan fingerprint density at radius 2 is 2.12 bits per heavy atom. The van der Waals surface area contributed by atoms with Crippen LogP contribution in [0.1, 0.15) is 25.0 Å². The van der Waals surface area contributed by atoms with Gasteiger partial charge >= 0.3 is 0 Å². The molecule has 0 atom stereocenters. The lowest BCUT2D eigenvalue weighted by Crippen LogP contribution is -2.33. The average molecular weight is 232 g/mol. The van der Waals surface area contributed by atoms with E-state index in [4.69, 9.17) is 10.00 Å². The van der Waals surface area contributed by atoms with E-state index < -0.39 is 0 Å². The van der Waals surface area contributed by atoms with Crippen LogP contribution in [0.25, 0.3) is 0 Å². The van der Waals surface area contributed by atoms with Gasteiger partial charge < -0.3 is 4.74 Å². The topological polar surface area (TPSA) is 62.0 Å². The largest absolute Gasteiger partial charge is 0.475 e. The number of nitrogens with zero attached hydrogens (tertiary/aromatic N) is 4. The van der Waals surface area contributed by atoms with Crippen LogP contribution in [0.15, 0.2) is 12.4 Å². The van der Waals surface area contributed by atoms with Crippen molar-refractivity contribution in [3.63, 3.8) is 0 Å². The Morgan fingerprint density at radius 3 is 2.88 bits per heavy atom. The molecule has 1 aromatic heterocycles. The number of hydrogen-bond acceptors (Lipinski definition) is 5. The molecule has 0 radical (unpaired) electrons. The molecule has 2 rings (SSSR count). The maximum atomic E-state index is 8.68. The third-order valence-corrected chi connectivity index (χ3v) is 2.83. The van der Waals surface area contributed by atoms with Crippen LogP contribution in [0.5, 0.6) is 5.88 Å². The van der Waals surface area contributed by atoms with Gasteiger partial charge in [-0.05, 0) is 25.9 Å². The van der Waals surface area contributed by atoms with Crippen molar-refractivity contribution in [1.29, 1.82) is 5.26 Å². The van der Waals surface area contributed by atoms with Gasteiger partial charge in [0.2, 0.25) is 5.88 Å². The van der Waals surface area contributed by atoms with Gasteiger partial charge in [-0.2, -0.15) is 10.2 Å². The Bertz CT molecular complexity index is 396. The van der Waals surface area contributed by atoms with E-state index in [0.717, 1.165) is 19.6 Å². The van der Waals surface area contributed by atoms with Crippen LogP contribution in [-0.2, 0) is 0 Å². The van der Waals surface area contributed by atoms with Crippen molar-refractivity contribution in [3.05, 3.63) is 18.1 Å². The fraction of sp³-hybridized carbons (Fsp3) is 0.583. The molecule has 0 aliphatic carbocycles. The molecule has 90 valence electrons. The van der Waals surface area contributed by atoms with Crippen molar-refractivity contribution in [2.45, 2.75) is 19.3 Å². The van der Waals surface area contributed by atoms with E-state index in [2.05, 4.69) is 14.9 Å². The SMILES string of the molecule is N#Cc1cncc(OCCN2CCCCC2)n1. The van der Waals surface area contributed by atoms with Gasteiger partial charge in [-0.15, -0.1) is 0 Å². The summed E-state index contributed by atoms with van der Waals surface area (Å²) < 4.78 is 5.48. The molecule has 5 nitrogen and oxygen atoms in total. The molecule has 0 N–H and O–H groups in total. The zero-order valence-corrected chi connectivity index (χ0v) is 9.80. The fourth-order valence-corrected chi connectivity index (χ4v) is 1.93. The second-order valence-corrected chi connectivity index (χ2v) is 4.11. The predicted octanol–water partition coefficient (Wildman–Crippen LogP) is 1.21. The highest BCUT2D eigenvalue weighted by Gasteiger charge is 2.09. The molecule has 0 bridgehead atoms. The molecule has 17 heavy (non-hydrogen) atoms. The lowest BCUT2D eigenvalue weighted by molar-refractivity contribution is 0.180. The molecular weight excluding hydrogens is 216 g/mol. The van der Waals surface area contributed by atoms with E-state index in [0.29, 0.717) is 18.2 Å². The third-order valence-electron chi connectivity index (χ3n) is 2.83. The van der Waals surface area contributed by atoms with E-state index in [9.17, 15) is 0 Å². The number of aromatic nitrogens is 2.